The zero-order valence-corrected chi connectivity index (χ0v) is 6.85. The second-order valence-corrected chi connectivity index (χ2v) is 5.07. The van der Waals surface area contributed by atoms with Crippen LogP contribution in [-0.4, -0.2) is 5.67 Å². The molecule has 0 saturated heterocycles. The van der Waals surface area contributed by atoms with E-state index in [9.17, 15) is 4.39 Å². The molecule has 1 heteroatoms. The fourth-order valence-electron chi connectivity index (χ4n) is 4.00. The standard InChI is InChI=1S/C10H15F/c11-10-4-7-1-8(5-10)3-9(2-7)6-10/h7-9H,1-6H2. The van der Waals surface area contributed by atoms with E-state index in [-0.39, 0.29) is 0 Å². The summed E-state index contributed by atoms with van der Waals surface area (Å²) < 4.78 is 13.9. The Balaban J connectivity index is 1.94. The van der Waals surface area contributed by atoms with Gasteiger partial charge >= 0.3 is 0 Å². The maximum atomic E-state index is 13.9. The lowest BCUT2D eigenvalue weighted by atomic mass is 9.55. The summed E-state index contributed by atoms with van der Waals surface area (Å²) in [5, 5.41) is 0. The molecule has 0 aliphatic heterocycles. The molecule has 0 aromatic rings. The van der Waals surface area contributed by atoms with Crippen molar-refractivity contribution in [3.05, 3.63) is 0 Å². The zero-order chi connectivity index (χ0) is 7.47. The normalized spacial score (nSPS) is 60.3. The molecule has 62 valence electrons. The van der Waals surface area contributed by atoms with Crippen LogP contribution in [0.2, 0.25) is 0 Å². The molecule has 0 unspecified atom stereocenters. The minimum absolute atomic E-state index is 0.700. The van der Waals surface area contributed by atoms with Crippen LogP contribution in [0.5, 0.6) is 0 Å². The number of hydrogen-bond donors (Lipinski definition) is 0. The highest BCUT2D eigenvalue weighted by Crippen LogP contribution is 2.57. The maximum absolute atomic E-state index is 13.9. The maximum Gasteiger partial charge on any atom is 0.111 e. The Hall–Kier alpha value is -0.0700. The highest BCUT2D eigenvalue weighted by Gasteiger charge is 2.51. The smallest absolute Gasteiger partial charge is 0.111 e. The second kappa shape index (κ2) is 1.81. The topological polar surface area (TPSA) is 0 Å². The van der Waals surface area contributed by atoms with E-state index in [0.29, 0.717) is 0 Å². The van der Waals surface area contributed by atoms with Gasteiger partial charge in [0.2, 0.25) is 0 Å². The van der Waals surface area contributed by atoms with E-state index in [1.807, 2.05) is 0 Å². The highest BCUT2D eigenvalue weighted by molar-refractivity contribution is 5.02. The van der Waals surface area contributed by atoms with E-state index in [0.717, 1.165) is 37.0 Å². The van der Waals surface area contributed by atoms with Gasteiger partial charge in [0.05, 0.1) is 0 Å². The molecule has 4 rings (SSSR count). The molecule has 0 atom stereocenters. The fourth-order valence-corrected chi connectivity index (χ4v) is 4.00. The molecule has 4 bridgehead atoms. The molecule has 0 aromatic heterocycles. The number of alkyl halides is 1. The van der Waals surface area contributed by atoms with Gasteiger partial charge in [-0.2, -0.15) is 0 Å². The van der Waals surface area contributed by atoms with Gasteiger partial charge in [-0.25, -0.2) is 4.39 Å². The third-order valence-electron chi connectivity index (χ3n) is 3.96. The van der Waals surface area contributed by atoms with E-state index < -0.39 is 5.67 Å². The lowest BCUT2D eigenvalue weighted by Gasteiger charge is -2.52. The fraction of sp³-hybridized carbons (Fsp3) is 1.00. The van der Waals surface area contributed by atoms with Crippen molar-refractivity contribution in [2.75, 3.05) is 0 Å². The highest BCUT2D eigenvalue weighted by atomic mass is 19.1. The molecule has 4 fully saturated rings. The molecule has 4 aliphatic rings. The van der Waals surface area contributed by atoms with Gasteiger partial charge in [0.15, 0.2) is 0 Å². The van der Waals surface area contributed by atoms with Crippen LogP contribution in [0.1, 0.15) is 38.5 Å². The number of rotatable bonds is 0. The Bertz CT molecular complexity index is 150. The first kappa shape index (κ1) is 6.45. The summed E-state index contributed by atoms with van der Waals surface area (Å²) in [6.07, 6.45) is 6.76. The van der Waals surface area contributed by atoms with Crippen molar-refractivity contribution >= 4 is 0 Å². The third kappa shape index (κ3) is 0.861. The Morgan fingerprint density at radius 3 is 1.45 bits per heavy atom. The van der Waals surface area contributed by atoms with Crippen LogP contribution in [-0.2, 0) is 0 Å². The Morgan fingerprint density at radius 1 is 0.818 bits per heavy atom. The predicted molar refractivity (Wildman–Crippen MR) is 42.0 cm³/mol. The van der Waals surface area contributed by atoms with Crippen LogP contribution in [0.4, 0.5) is 4.39 Å². The molecule has 11 heavy (non-hydrogen) atoms. The summed E-state index contributed by atoms with van der Waals surface area (Å²) in [4.78, 5) is 0. The summed E-state index contributed by atoms with van der Waals surface area (Å²) in [7, 11) is 0. The molecule has 0 N–H and O–H groups in total. The molecular weight excluding hydrogens is 139 g/mol. The van der Waals surface area contributed by atoms with Crippen LogP contribution in [0.3, 0.4) is 0 Å². The molecule has 0 spiro atoms. The largest absolute Gasteiger partial charge is 0.244 e. The number of halogens is 1. The monoisotopic (exact) mass is 154 g/mol. The summed E-state index contributed by atoms with van der Waals surface area (Å²) in [6, 6.07) is 0. The van der Waals surface area contributed by atoms with Crippen LogP contribution >= 0.6 is 0 Å². The Morgan fingerprint density at radius 2 is 1.18 bits per heavy atom. The molecule has 4 saturated carbocycles. The average molecular weight is 154 g/mol. The molecule has 0 amide bonds. The second-order valence-electron chi connectivity index (χ2n) is 5.07. The van der Waals surface area contributed by atoms with Gasteiger partial charge in [0, 0.05) is 0 Å². The summed E-state index contributed by atoms with van der Waals surface area (Å²) in [5.41, 5.74) is -0.700. The van der Waals surface area contributed by atoms with Gasteiger partial charge in [-0.15, -0.1) is 0 Å². The van der Waals surface area contributed by atoms with Crippen LogP contribution in [0, 0.1) is 17.8 Å². The van der Waals surface area contributed by atoms with E-state index in [1.54, 1.807) is 0 Å². The van der Waals surface area contributed by atoms with Crippen molar-refractivity contribution in [2.45, 2.75) is 44.2 Å². The molecule has 0 heterocycles. The zero-order valence-electron chi connectivity index (χ0n) is 6.85. The van der Waals surface area contributed by atoms with Gasteiger partial charge in [0.25, 0.3) is 0 Å². The first-order valence-corrected chi connectivity index (χ1v) is 4.92. The van der Waals surface area contributed by atoms with Gasteiger partial charge in [-0.1, -0.05) is 0 Å². The van der Waals surface area contributed by atoms with Gasteiger partial charge in [-0.05, 0) is 56.3 Å². The summed E-state index contributed by atoms with van der Waals surface area (Å²) in [6.45, 7) is 0. The lowest BCUT2D eigenvalue weighted by Crippen LogP contribution is -2.47. The Labute approximate surface area is 67.2 Å². The van der Waals surface area contributed by atoms with E-state index in [2.05, 4.69) is 0 Å². The van der Waals surface area contributed by atoms with Crippen LogP contribution < -0.4 is 0 Å². The van der Waals surface area contributed by atoms with Crippen molar-refractivity contribution in [3.8, 4) is 0 Å². The molecular formula is C10H15F. The van der Waals surface area contributed by atoms with Crippen LogP contribution in [0.25, 0.3) is 0 Å². The Kier molecular flexibility index (Phi) is 1.06. The van der Waals surface area contributed by atoms with Gasteiger partial charge in [-0.3, -0.25) is 0 Å². The predicted octanol–water partition coefficient (Wildman–Crippen LogP) is 2.92. The van der Waals surface area contributed by atoms with Gasteiger partial charge < -0.3 is 0 Å². The SMILES string of the molecule is FC12CC3CC(CC(C3)C1)C2. The lowest BCUT2D eigenvalue weighted by molar-refractivity contribution is -0.0727. The van der Waals surface area contributed by atoms with Crippen molar-refractivity contribution in [3.63, 3.8) is 0 Å². The summed E-state index contributed by atoms with van der Waals surface area (Å²) in [5.74, 6) is 2.31. The van der Waals surface area contributed by atoms with Crippen molar-refractivity contribution in [1.29, 1.82) is 0 Å². The van der Waals surface area contributed by atoms with Crippen LogP contribution in [0.15, 0.2) is 0 Å². The molecule has 0 nitrogen and oxygen atoms in total. The van der Waals surface area contributed by atoms with Crippen molar-refractivity contribution in [2.24, 2.45) is 17.8 Å². The summed E-state index contributed by atoms with van der Waals surface area (Å²) >= 11 is 0. The third-order valence-corrected chi connectivity index (χ3v) is 3.96. The minimum Gasteiger partial charge on any atom is -0.244 e. The molecule has 0 aromatic carbocycles. The van der Waals surface area contributed by atoms with Crippen molar-refractivity contribution in [1.82, 2.24) is 0 Å². The molecule has 0 radical (unpaired) electrons. The number of hydrogen-bond acceptors (Lipinski definition) is 0. The van der Waals surface area contributed by atoms with E-state index >= 15 is 0 Å². The average Bonchev–Trinajstić information content (AvgIpc) is 1.79. The first-order chi connectivity index (χ1) is 5.23. The van der Waals surface area contributed by atoms with E-state index in [1.165, 1.54) is 19.3 Å². The van der Waals surface area contributed by atoms with Crippen molar-refractivity contribution < 1.29 is 4.39 Å². The van der Waals surface area contributed by atoms with Gasteiger partial charge in [0.1, 0.15) is 5.67 Å². The minimum atomic E-state index is -0.700. The quantitative estimate of drug-likeness (QED) is 0.503. The molecule has 4 aliphatic carbocycles. The van der Waals surface area contributed by atoms with E-state index in [4.69, 9.17) is 0 Å². The first-order valence-electron chi connectivity index (χ1n) is 4.92.